The second-order valence-electron chi connectivity index (χ2n) is 15.4. The van der Waals surface area contributed by atoms with Gasteiger partial charge < -0.3 is 19.6 Å². The van der Waals surface area contributed by atoms with Crippen LogP contribution in [0.5, 0.6) is 11.5 Å². The molecule has 0 bridgehead atoms. The number of nitrogens with one attached hydrogen (secondary N) is 1. The number of piperidine rings is 1. The first-order valence-electron chi connectivity index (χ1n) is 19.6. The molecule has 3 aliphatic heterocycles. The molecule has 0 spiro atoms. The fraction of sp³-hybridized carbons (Fsp3) is 0.304. The normalized spacial score (nSPS) is 21.1. The van der Waals surface area contributed by atoms with Gasteiger partial charge in [-0.25, -0.2) is 0 Å². The molecule has 56 heavy (non-hydrogen) atoms. The molecular weight excluding hydrogens is 703 g/mol. The monoisotopic (exact) mass is 747 g/mol. The van der Waals surface area contributed by atoms with E-state index in [-0.39, 0.29) is 30.1 Å². The smallest absolute Gasteiger partial charge is 0.255 e. The molecule has 1 aliphatic carbocycles. The van der Waals surface area contributed by atoms with Crippen LogP contribution in [0.4, 0.5) is 5.69 Å². The lowest BCUT2D eigenvalue weighted by molar-refractivity contribution is -0.136. The number of ether oxygens (including phenoxy) is 1. The number of amides is 3. The van der Waals surface area contributed by atoms with Crippen LogP contribution in [0.25, 0.3) is 0 Å². The average molecular weight is 748 g/mol. The molecule has 1 aromatic heterocycles. The number of rotatable bonds is 9. The first kappa shape index (κ1) is 35.7. The maximum absolute atomic E-state index is 13.1. The Morgan fingerprint density at radius 3 is 2.38 bits per heavy atom. The predicted molar refractivity (Wildman–Crippen MR) is 212 cm³/mol. The average Bonchev–Trinajstić information content (AvgIpc) is 3.55. The summed E-state index contributed by atoms with van der Waals surface area (Å²) in [5.74, 6) is 0.872. The summed E-state index contributed by atoms with van der Waals surface area (Å²) in [6.45, 7) is 5.08. The molecule has 10 nitrogen and oxygen atoms in total. The molecule has 284 valence electrons. The van der Waals surface area contributed by atoms with Crippen molar-refractivity contribution in [1.29, 1.82) is 0 Å². The van der Waals surface area contributed by atoms with E-state index in [1.54, 1.807) is 11.0 Å². The number of carbonyl (C=O) groups is 3. The Hall–Kier alpha value is -6.00. The van der Waals surface area contributed by atoms with E-state index in [0.717, 1.165) is 73.8 Å². The number of hydrogen-bond donors (Lipinski definition) is 2. The number of phenols is 1. The van der Waals surface area contributed by atoms with Gasteiger partial charge in [0.1, 0.15) is 24.1 Å². The largest absolute Gasteiger partial charge is 0.508 e. The third-order valence-corrected chi connectivity index (χ3v) is 12.0. The fourth-order valence-corrected chi connectivity index (χ4v) is 9.00. The van der Waals surface area contributed by atoms with Gasteiger partial charge in [0.05, 0.1) is 5.69 Å². The van der Waals surface area contributed by atoms with Gasteiger partial charge in [-0.2, -0.15) is 0 Å². The molecular formula is C46H45N5O5. The van der Waals surface area contributed by atoms with E-state index in [1.165, 1.54) is 22.3 Å². The number of anilines is 1. The predicted octanol–water partition coefficient (Wildman–Crippen LogP) is 6.31. The highest BCUT2D eigenvalue weighted by Gasteiger charge is 2.39. The summed E-state index contributed by atoms with van der Waals surface area (Å²) in [6.07, 6.45) is 4.49. The highest BCUT2D eigenvalue weighted by Crippen LogP contribution is 2.47. The summed E-state index contributed by atoms with van der Waals surface area (Å²) < 4.78 is 6.21. The first-order chi connectivity index (χ1) is 27.4. The number of pyridine rings is 1. The van der Waals surface area contributed by atoms with Gasteiger partial charge in [0.15, 0.2) is 0 Å². The topological polar surface area (TPSA) is 115 Å². The second-order valence-corrected chi connectivity index (χ2v) is 15.4. The number of hydrogen-bond acceptors (Lipinski definition) is 8. The van der Waals surface area contributed by atoms with E-state index in [4.69, 9.17) is 9.72 Å². The van der Waals surface area contributed by atoms with Crippen molar-refractivity contribution in [3.05, 3.63) is 154 Å². The third-order valence-electron chi connectivity index (χ3n) is 12.0. The van der Waals surface area contributed by atoms with Gasteiger partial charge in [-0.05, 0) is 102 Å². The molecule has 2 N–H and O–H groups in total. The van der Waals surface area contributed by atoms with Crippen LogP contribution in [-0.4, -0.2) is 69.8 Å². The number of aromatic nitrogens is 1. The Kier molecular flexibility index (Phi) is 9.73. The summed E-state index contributed by atoms with van der Waals surface area (Å²) in [4.78, 5) is 48.3. The Balaban J connectivity index is 0.775. The molecule has 4 aromatic carbocycles. The lowest BCUT2D eigenvalue weighted by Crippen LogP contribution is -2.52. The molecule has 3 amide bonds. The summed E-state index contributed by atoms with van der Waals surface area (Å²) in [5.41, 5.74) is 9.76. The van der Waals surface area contributed by atoms with Crippen LogP contribution >= 0.6 is 0 Å². The van der Waals surface area contributed by atoms with E-state index in [1.807, 2.05) is 24.4 Å². The number of phenolic OH excluding ortho intramolecular Hbond substituents is 1. The number of aromatic hydroxyl groups is 1. The van der Waals surface area contributed by atoms with Crippen molar-refractivity contribution in [3.63, 3.8) is 0 Å². The van der Waals surface area contributed by atoms with Gasteiger partial charge in [-0.3, -0.25) is 29.6 Å². The molecule has 0 saturated carbocycles. The van der Waals surface area contributed by atoms with E-state index in [2.05, 4.69) is 94.0 Å². The van der Waals surface area contributed by atoms with E-state index >= 15 is 0 Å². The van der Waals surface area contributed by atoms with Crippen LogP contribution in [0.3, 0.4) is 0 Å². The summed E-state index contributed by atoms with van der Waals surface area (Å²) >= 11 is 0. The van der Waals surface area contributed by atoms with Crippen molar-refractivity contribution in [2.24, 2.45) is 0 Å². The maximum Gasteiger partial charge on any atom is 0.255 e. The molecule has 2 saturated heterocycles. The van der Waals surface area contributed by atoms with Crippen molar-refractivity contribution in [3.8, 4) is 11.5 Å². The molecule has 10 heteroatoms. The number of piperazine rings is 1. The number of nitrogens with zero attached hydrogens (tertiary/aromatic N) is 4. The summed E-state index contributed by atoms with van der Waals surface area (Å²) in [5, 5.41) is 12.5. The highest BCUT2D eigenvalue weighted by molar-refractivity contribution is 6.05. The van der Waals surface area contributed by atoms with E-state index < -0.39 is 6.04 Å². The number of benzene rings is 4. The van der Waals surface area contributed by atoms with Gasteiger partial charge in [0.25, 0.3) is 5.91 Å². The Bertz CT molecular complexity index is 2250. The van der Waals surface area contributed by atoms with Crippen LogP contribution in [0.2, 0.25) is 0 Å². The van der Waals surface area contributed by atoms with Crippen molar-refractivity contribution >= 4 is 23.4 Å². The van der Waals surface area contributed by atoms with Gasteiger partial charge in [-0.15, -0.1) is 0 Å². The minimum Gasteiger partial charge on any atom is -0.508 e. The third kappa shape index (κ3) is 7.24. The summed E-state index contributed by atoms with van der Waals surface area (Å²) in [6, 6.07) is 34.6. The van der Waals surface area contributed by atoms with E-state index in [9.17, 15) is 19.5 Å². The fourth-order valence-electron chi connectivity index (χ4n) is 9.00. The first-order valence-corrected chi connectivity index (χ1v) is 19.6. The minimum atomic E-state index is -0.606. The van der Waals surface area contributed by atoms with Crippen molar-refractivity contribution in [2.75, 3.05) is 31.1 Å². The van der Waals surface area contributed by atoms with Crippen molar-refractivity contribution in [2.45, 2.75) is 63.3 Å². The highest BCUT2D eigenvalue weighted by atomic mass is 16.5. The quantitative estimate of drug-likeness (QED) is 0.169. The second kappa shape index (κ2) is 15.3. The number of imide groups is 1. The zero-order valence-corrected chi connectivity index (χ0v) is 31.3. The lowest BCUT2D eigenvalue weighted by Gasteiger charge is -2.36. The minimum absolute atomic E-state index is 0.146. The zero-order valence-electron chi connectivity index (χ0n) is 31.3. The van der Waals surface area contributed by atoms with Gasteiger partial charge in [0, 0.05) is 74.6 Å². The molecule has 4 aliphatic rings. The zero-order chi connectivity index (χ0) is 38.2. The Morgan fingerprint density at radius 2 is 1.61 bits per heavy atom. The Morgan fingerprint density at radius 1 is 0.786 bits per heavy atom. The van der Waals surface area contributed by atoms with Crippen molar-refractivity contribution < 1.29 is 24.2 Å². The van der Waals surface area contributed by atoms with Crippen LogP contribution in [0, 0.1) is 0 Å². The van der Waals surface area contributed by atoms with Gasteiger partial charge in [0.2, 0.25) is 11.8 Å². The standard InChI is InChI=1S/C46H45N5O5/c52-37-12-17-40-33(25-37)9-15-39(31-4-2-1-3-5-31)44(40)32-7-13-38(14-8-32)56-29-30-6-10-35(47-26-30)28-49-20-22-50(23-21-49)36-11-16-41-34(24-36)27-51(46(41)55)42-18-19-43(53)48-45(42)54/h1-8,10-14,16-17,24-26,39,42,44,52H,9,15,18-23,27-29H2,(H,48,53,54)/t39-,42?,44+/m1/s1. The molecule has 3 atom stereocenters. The molecule has 4 heterocycles. The molecule has 5 aromatic rings. The molecule has 0 radical (unpaired) electrons. The molecule has 9 rings (SSSR count). The number of fused-ring (bicyclic) bond motifs is 2. The van der Waals surface area contributed by atoms with Gasteiger partial charge in [-0.1, -0.05) is 54.6 Å². The van der Waals surface area contributed by atoms with Crippen LogP contribution in [-0.2, 0) is 35.7 Å². The van der Waals surface area contributed by atoms with Gasteiger partial charge >= 0.3 is 0 Å². The van der Waals surface area contributed by atoms with Crippen molar-refractivity contribution in [1.82, 2.24) is 20.1 Å². The van der Waals surface area contributed by atoms with Crippen LogP contribution in [0.15, 0.2) is 109 Å². The SMILES string of the molecule is O=C1CCC(N2Cc3cc(N4CCN(Cc5ccc(COc6ccc([C@@H]7c8ccc(O)cc8CC[C@@H]7c7ccccc7)cc6)cn5)CC4)ccc3C2=O)C(=O)N1. The molecule has 2 fully saturated rings. The molecule has 1 unspecified atom stereocenters. The Labute approximate surface area is 326 Å². The number of aryl methyl sites for hydroxylation is 1. The van der Waals surface area contributed by atoms with E-state index in [0.29, 0.717) is 36.8 Å². The lowest BCUT2D eigenvalue weighted by atomic mass is 9.69. The maximum atomic E-state index is 13.1. The van der Waals surface area contributed by atoms with Crippen LogP contribution < -0.4 is 15.0 Å². The van der Waals surface area contributed by atoms with Crippen LogP contribution in [0.1, 0.15) is 80.5 Å². The number of carbonyl (C=O) groups excluding carboxylic acids is 3. The summed E-state index contributed by atoms with van der Waals surface area (Å²) in [7, 11) is 0.